The van der Waals surface area contributed by atoms with E-state index in [0.717, 1.165) is 30.4 Å². The van der Waals surface area contributed by atoms with Crippen LogP contribution in [0.4, 0.5) is 0 Å². The number of ether oxygens (including phenoxy) is 1. The Morgan fingerprint density at radius 1 is 1.05 bits per heavy atom. The van der Waals surface area contributed by atoms with Gasteiger partial charge in [-0.1, -0.05) is 6.07 Å². The fraction of sp³-hybridized carbons (Fsp3) is 0.600. The van der Waals surface area contributed by atoms with Gasteiger partial charge in [0.2, 0.25) is 0 Å². The molecule has 0 aliphatic carbocycles. The number of hydrogen-bond acceptors (Lipinski definition) is 4. The Morgan fingerprint density at radius 2 is 1.70 bits per heavy atom. The normalized spacial score (nSPS) is 14.8. The molecule has 0 amide bonds. The second-order valence-electron chi connectivity index (χ2n) is 4.63. The molecule has 0 N–H and O–H groups in total. The Hall–Kier alpha value is -0.883. The maximum absolute atomic E-state index is 5.94. The quantitative estimate of drug-likeness (QED) is 0.723. The van der Waals surface area contributed by atoms with E-state index < -0.39 is 8.80 Å². The van der Waals surface area contributed by atoms with E-state index in [1.807, 2.05) is 32.9 Å². The molecule has 0 atom stereocenters. The molecule has 0 unspecified atom stereocenters. The molecule has 4 nitrogen and oxygen atoms in total. The Kier molecular flexibility index (Phi) is 5.60. The summed E-state index contributed by atoms with van der Waals surface area (Å²) in [5, 5.41) is 1.03. The summed E-state index contributed by atoms with van der Waals surface area (Å²) in [7, 11) is -2.79. The first-order chi connectivity index (χ1) is 9.75. The van der Waals surface area contributed by atoms with Gasteiger partial charge in [0, 0.05) is 25.0 Å². The molecule has 0 spiro atoms. The molecular formula is C15H24O4Si. The Labute approximate surface area is 122 Å². The van der Waals surface area contributed by atoms with E-state index in [9.17, 15) is 0 Å². The van der Waals surface area contributed by atoms with Crippen molar-refractivity contribution in [1.29, 1.82) is 0 Å². The predicted molar refractivity (Wildman–Crippen MR) is 80.5 cm³/mol. The monoisotopic (exact) mass is 296 g/mol. The minimum atomic E-state index is -2.79. The summed E-state index contributed by atoms with van der Waals surface area (Å²) >= 11 is 0. The molecule has 0 radical (unpaired) electrons. The number of benzene rings is 1. The van der Waals surface area contributed by atoms with Gasteiger partial charge in [0.25, 0.3) is 0 Å². The summed E-state index contributed by atoms with van der Waals surface area (Å²) in [6.07, 6.45) is 2.10. The largest absolute Gasteiger partial charge is 0.537 e. The molecule has 0 fully saturated rings. The van der Waals surface area contributed by atoms with E-state index >= 15 is 0 Å². The molecule has 5 heteroatoms. The van der Waals surface area contributed by atoms with Gasteiger partial charge in [-0.2, -0.15) is 0 Å². The lowest BCUT2D eigenvalue weighted by Crippen LogP contribution is -2.57. The smallest absolute Gasteiger partial charge is 0.493 e. The van der Waals surface area contributed by atoms with Crippen LogP contribution in [0.2, 0.25) is 0 Å². The van der Waals surface area contributed by atoms with E-state index in [4.69, 9.17) is 18.0 Å². The summed E-state index contributed by atoms with van der Waals surface area (Å²) in [4.78, 5) is 0. The highest BCUT2D eigenvalue weighted by molar-refractivity contribution is 6.75. The molecule has 0 saturated carbocycles. The van der Waals surface area contributed by atoms with Crippen molar-refractivity contribution in [3.8, 4) is 5.75 Å². The third-order valence-electron chi connectivity index (χ3n) is 3.27. The van der Waals surface area contributed by atoms with Crippen molar-refractivity contribution in [3.63, 3.8) is 0 Å². The van der Waals surface area contributed by atoms with Gasteiger partial charge < -0.3 is 18.0 Å². The first-order valence-corrected chi connectivity index (χ1v) is 9.16. The maximum Gasteiger partial charge on any atom is 0.537 e. The van der Waals surface area contributed by atoms with Gasteiger partial charge in [0.15, 0.2) is 0 Å². The SMILES string of the molecule is CCO[Si](OCC)(OCC)c1ccc2c(c1)CCCO2. The van der Waals surface area contributed by atoms with E-state index in [1.165, 1.54) is 5.56 Å². The van der Waals surface area contributed by atoms with Crippen molar-refractivity contribution in [1.82, 2.24) is 0 Å². The molecule has 112 valence electrons. The summed E-state index contributed by atoms with van der Waals surface area (Å²) in [6.45, 7) is 8.47. The van der Waals surface area contributed by atoms with Gasteiger partial charge in [-0.15, -0.1) is 0 Å². The van der Waals surface area contributed by atoms with E-state index in [1.54, 1.807) is 0 Å². The van der Waals surface area contributed by atoms with Gasteiger partial charge in [-0.05, 0) is 51.3 Å². The standard InChI is InChI=1S/C15H24O4Si/c1-4-17-20(18-5-2,19-6-3)14-9-10-15-13(12-14)8-7-11-16-15/h9-10,12H,4-8,11H2,1-3H3. The van der Waals surface area contributed by atoms with Crippen LogP contribution in [0, 0.1) is 0 Å². The van der Waals surface area contributed by atoms with E-state index in [-0.39, 0.29) is 0 Å². The van der Waals surface area contributed by atoms with Crippen LogP contribution in [0.5, 0.6) is 5.75 Å². The van der Waals surface area contributed by atoms with E-state index in [2.05, 4.69) is 6.07 Å². The first-order valence-electron chi connectivity index (χ1n) is 7.43. The highest BCUT2D eigenvalue weighted by atomic mass is 28.4. The average Bonchev–Trinajstić information content (AvgIpc) is 2.47. The summed E-state index contributed by atoms with van der Waals surface area (Å²) in [5.74, 6) is 0.979. The second kappa shape index (κ2) is 7.22. The van der Waals surface area contributed by atoms with Crippen LogP contribution in [0.15, 0.2) is 18.2 Å². The van der Waals surface area contributed by atoms with Crippen LogP contribution in [-0.4, -0.2) is 35.2 Å². The Bertz CT molecular complexity index is 419. The van der Waals surface area contributed by atoms with Crippen LogP contribution in [0.1, 0.15) is 32.8 Å². The number of aryl methyl sites for hydroxylation is 1. The van der Waals surface area contributed by atoms with Crippen LogP contribution in [0.3, 0.4) is 0 Å². The highest BCUT2D eigenvalue weighted by Crippen LogP contribution is 2.24. The molecule has 1 aromatic rings. The van der Waals surface area contributed by atoms with Crippen molar-refractivity contribution in [2.75, 3.05) is 26.4 Å². The molecule has 0 saturated heterocycles. The van der Waals surface area contributed by atoms with Gasteiger partial charge >= 0.3 is 8.80 Å². The summed E-state index contributed by atoms with van der Waals surface area (Å²) in [6, 6.07) is 6.18. The molecule has 0 bridgehead atoms. The lowest BCUT2D eigenvalue weighted by Gasteiger charge is -2.29. The Balaban J connectivity index is 2.36. The van der Waals surface area contributed by atoms with Crippen LogP contribution in [-0.2, 0) is 19.7 Å². The molecule has 0 aromatic heterocycles. The van der Waals surface area contributed by atoms with Crippen LogP contribution >= 0.6 is 0 Å². The van der Waals surface area contributed by atoms with Gasteiger partial charge in [0.1, 0.15) is 5.75 Å². The van der Waals surface area contributed by atoms with Crippen molar-refractivity contribution in [2.24, 2.45) is 0 Å². The molecule has 1 aromatic carbocycles. The van der Waals surface area contributed by atoms with Gasteiger partial charge in [0.05, 0.1) is 6.61 Å². The lowest BCUT2D eigenvalue weighted by molar-refractivity contribution is 0.0858. The minimum Gasteiger partial charge on any atom is -0.493 e. The molecule has 20 heavy (non-hydrogen) atoms. The summed E-state index contributed by atoms with van der Waals surface area (Å²) < 4.78 is 23.5. The molecular weight excluding hydrogens is 272 g/mol. The van der Waals surface area contributed by atoms with Crippen molar-refractivity contribution >= 4 is 14.0 Å². The minimum absolute atomic E-state index is 0.583. The van der Waals surface area contributed by atoms with Gasteiger partial charge in [-0.25, -0.2) is 0 Å². The van der Waals surface area contributed by atoms with Crippen LogP contribution < -0.4 is 9.92 Å². The fourth-order valence-electron chi connectivity index (χ4n) is 2.50. The zero-order valence-corrected chi connectivity index (χ0v) is 13.6. The third kappa shape index (κ3) is 3.23. The lowest BCUT2D eigenvalue weighted by atomic mass is 10.1. The third-order valence-corrected chi connectivity index (χ3v) is 6.29. The molecule has 1 aliphatic rings. The zero-order valence-electron chi connectivity index (χ0n) is 12.6. The molecule has 1 heterocycles. The van der Waals surface area contributed by atoms with E-state index in [0.29, 0.717) is 19.8 Å². The van der Waals surface area contributed by atoms with Gasteiger partial charge in [-0.3, -0.25) is 0 Å². The summed E-state index contributed by atoms with van der Waals surface area (Å²) in [5.41, 5.74) is 1.23. The number of rotatable bonds is 7. The van der Waals surface area contributed by atoms with Crippen molar-refractivity contribution in [2.45, 2.75) is 33.6 Å². The fourth-order valence-corrected chi connectivity index (χ4v) is 5.02. The average molecular weight is 296 g/mol. The highest BCUT2D eigenvalue weighted by Gasteiger charge is 2.43. The molecule has 2 rings (SSSR count). The Morgan fingerprint density at radius 3 is 2.30 bits per heavy atom. The van der Waals surface area contributed by atoms with Crippen molar-refractivity contribution < 1.29 is 18.0 Å². The van der Waals surface area contributed by atoms with Crippen LogP contribution in [0.25, 0.3) is 0 Å². The maximum atomic E-state index is 5.94. The predicted octanol–water partition coefficient (Wildman–Crippen LogP) is 2.27. The second-order valence-corrected chi connectivity index (χ2v) is 7.19. The number of fused-ring (bicyclic) bond motifs is 1. The molecule has 1 aliphatic heterocycles. The zero-order chi connectivity index (χ0) is 14.4. The first kappa shape index (κ1) is 15.5. The van der Waals surface area contributed by atoms with Crippen molar-refractivity contribution in [3.05, 3.63) is 23.8 Å². The topological polar surface area (TPSA) is 36.9 Å². The number of hydrogen-bond donors (Lipinski definition) is 0.